The highest BCUT2D eigenvalue weighted by Crippen LogP contribution is 2.34. The Balaban J connectivity index is 1.55. The molecule has 0 saturated carbocycles. The maximum absolute atomic E-state index is 12.8. The molecule has 0 radical (unpaired) electrons. The van der Waals surface area contributed by atoms with Gasteiger partial charge in [-0.1, -0.05) is 66.2 Å². The summed E-state index contributed by atoms with van der Waals surface area (Å²) in [5, 5.41) is 17.2. The van der Waals surface area contributed by atoms with E-state index in [-0.39, 0.29) is 18.1 Å². The number of ether oxygens (including phenoxy) is 1. The Kier molecular flexibility index (Phi) is 7.51. The van der Waals surface area contributed by atoms with Crippen LogP contribution in [0.3, 0.4) is 0 Å². The summed E-state index contributed by atoms with van der Waals surface area (Å²) >= 11 is 0. The fourth-order valence-electron chi connectivity index (χ4n) is 3.82. The number of aromatic hydroxyl groups is 1. The Morgan fingerprint density at radius 3 is 2.36 bits per heavy atom. The minimum Gasteiger partial charge on any atom is -0.507 e. The zero-order valence-electron chi connectivity index (χ0n) is 19.8. The van der Waals surface area contributed by atoms with E-state index in [0.717, 1.165) is 10.9 Å². The minimum atomic E-state index is -0.716. The van der Waals surface area contributed by atoms with Crippen molar-refractivity contribution in [3.05, 3.63) is 108 Å². The second kappa shape index (κ2) is 11.1. The van der Waals surface area contributed by atoms with Gasteiger partial charge in [-0.2, -0.15) is 0 Å². The number of fused-ring (bicyclic) bond motifs is 1. The lowest BCUT2D eigenvalue weighted by Crippen LogP contribution is -2.18. The second-order valence-corrected chi connectivity index (χ2v) is 8.32. The number of amides is 2. The molecule has 4 aromatic rings. The number of aryl methyl sites for hydroxylation is 1. The van der Waals surface area contributed by atoms with Crippen molar-refractivity contribution in [1.29, 1.82) is 0 Å². The Morgan fingerprint density at radius 2 is 1.61 bits per heavy atom. The third-order valence-corrected chi connectivity index (χ3v) is 5.67. The largest absolute Gasteiger partial charge is 0.507 e. The van der Waals surface area contributed by atoms with Gasteiger partial charge in [0.05, 0.1) is 11.4 Å². The zero-order valence-corrected chi connectivity index (χ0v) is 19.8. The number of nitrogens with two attached hydrogens (primary N) is 1. The van der Waals surface area contributed by atoms with Crippen molar-refractivity contribution < 1.29 is 19.4 Å². The van der Waals surface area contributed by atoms with E-state index in [0.29, 0.717) is 28.0 Å². The molecule has 36 heavy (non-hydrogen) atoms. The summed E-state index contributed by atoms with van der Waals surface area (Å²) in [7, 11) is 0. The lowest BCUT2D eigenvalue weighted by molar-refractivity contribution is -0.111. The topological polar surface area (TPSA) is 114 Å². The van der Waals surface area contributed by atoms with Crippen LogP contribution in [0.25, 0.3) is 10.8 Å². The molecule has 0 bridgehead atoms. The number of anilines is 3. The summed E-state index contributed by atoms with van der Waals surface area (Å²) in [5.74, 6) is -0.223. The predicted molar refractivity (Wildman–Crippen MR) is 143 cm³/mol. The summed E-state index contributed by atoms with van der Waals surface area (Å²) in [5.41, 5.74) is 9.25. The Morgan fingerprint density at radius 1 is 0.917 bits per heavy atom. The molecule has 0 fully saturated rings. The molecule has 0 saturated heterocycles. The van der Waals surface area contributed by atoms with Crippen LogP contribution in [0.4, 0.5) is 21.9 Å². The smallest absolute Gasteiger partial charge is 0.412 e. The lowest BCUT2D eigenvalue weighted by Gasteiger charge is -2.20. The first-order valence-electron chi connectivity index (χ1n) is 11.5. The van der Waals surface area contributed by atoms with Gasteiger partial charge in [0, 0.05) is 23.1 Å². The Labute approximate surface area is 209 Å². The number of hydrogen-bond acceptors (Lipinski definition) is 5. The van der Waals surface area contributed by atoms with E-state index in [2.05, 4.69) is 10.6 Å². The number of carbonyl (C=O) groups is 2. The van der Waals surface area contributed by atoms with E-state index >= 15 is 0 Å². The molecule has 182 valence electrons. The summed E-state index contributed by atoms with van der Waals surface area (Å²) < 4.78 is 5.80. The molecule has 0 aliphatic carbocycles. The van der Waals surface area contributed by atoms with Crippen LogP contribution in [0, 0.1) is 6.92 Å². The maximum atomic E-state index is 12.8. The molecular formula is C29H27N3O4. The quantitative estimate of drug-likeness (QED) is 0.182. The third-order valence-electron chi connectivity index (χ3n) is 5.67. The number of benzene rings is 4. The highest BCUT2D eigenvalue weighted by atomic mass is 16.6. The van der Waals surface area contributed by atoms with Gasteiger partial charge in [-0.25, -0.2) is 4.79 Å². The molecule has 0 heterocycles. The predicted octanol–water partition coefficient (Wildman–Crippen LogP) is 6.31. The summed E-state index contributed by atoms with van der Waals surface area (Å²) in [6.45, 7) is 1.96. The fraction of sp³-hybridized carbons (Fsp3) is 0.103. The van der Waals surface area contributed by atoms with Crippen LogP contribution in [0.5, 0.6) is 5.75 Å². The van der Waals surface area contributed by atoms with Crippen LogP contribution in [-0.4, -0.2) is 17.1 Å². The van der Waals surface area contributed by atoms with Crippen LogP contribution in [0.1, 0.15) is 23.7 Å². The number of nitrogens with one attached hydrogen (secondary N) is 2. The van der Waals surface area contributed by atoms with Gasteiger partial charge in [0.1, 0.15) is 11.9 Å². The average molecular weight is 482 g/mol. The number of phenolic OH excluding ortho intramolecular Hbond substituents is 1. The van der Waals surface area contributed by atoms with Gasteiger partial charge in [-0.15, -0.1) is 0 Å². The molecule has 2 amide bonds. The van der Waals surface area contributed by atoms with E-state index in [4.69, 9.17) is 10.5 Å². The van der Waals surface area contributed by atoms with E-state index in [1.807, 2.05) is 37.3 Å². The van der Waals surface area contributed by atoms with Crippen LogP contribution in [-0.2, 0) is 9.53 Å². The van der Waals surface area contributed by atoms with Crippen LogP contribution >= 0.6 is 0 Å². The van der Waals surface area contributed by atoms with Crippen molar-refractivity contribution in [1.82, 2.24) is 0 Å². The lowest BCUT2D eigenvalue weighted by atomic mass is 9.97. The van der Waals surface area contributed by atoms with Crippen LogP contribution in [0.2, 0.25) is 0 Å². The van der Waals surface area contributed by atoms with Crippen LogP contribution in [0.15, 0.2) is 97.1 Å². The summed E-state index contributed by atoms with van der Waals surface area (Å²) in [6.07, 6.45) is 1.90. The number of phenols is 1. The summed E-state index contributed by atoms with van der Waals surface area (Å²) in [4.78, 5) is 25.2. The molecule has 1 atom stereocenters. The van der Waals surface area contributed by atoms with Gasteiger partial charge in [-0.3, -0.25) is 10.1 Å². The van der Waals surface area contributed by atoms with Gasteiger partial charge in [0.25, 0.3) is 0 Å². The number of hydrogen-bond donors (Lipinski definition) is 4. The van der Waals surface area contributed by atoms with Crippen molar-refractivity contribution in [2.75, 3.05) is 16.4 Å². The average Bonchev–Trinajstić information content (AvgIpc) is 2.87. The molecule has 0 aliphatic rings. The third kappa shape index (κ3) is 6.01. The highest BCUT2D eigenvalue weighted by Gasteiger charge is 2.19. The zero-order chi connectivity index (χ0) is 25.5. The van der Waals surface area contributed by atoms with Crippen molar-refractivity contribution in [3.63, 3.8) is 0 Å². The Bertz CT molecular complexity index is 1410. The standard InChI is InChI=1S/C29H27N3O4/c1-19-13-15-20(16-14-19)31-29(35)36-27(23-17-18-26(33)22-8-3-2-7-21(22)23)11-6-12-28(34)32-25-10-5-4-9-24(25)30/h2-10,12-18,27,33H,11,30H2,1H3,(H,31,35)(H,32,34)/b12-6+/t27-/m0/s1. The molecule has 7 heteroatoms. The Hall–Kier alpha value is -4.78. The molecule has 0 aliphatic heterocycles. The fourth-order valence-corrected chi connectivity index (χ4v) is 3.82. The van der Waals surface area contributed by atoms with Gasteiger partial charge < -0.3 is 20.9 Å². The molecule has 4 aromatic carbocycles. The van der Waals surface area contributed by atoms with Gasteiger partial charge in [0.2, 0.25) is 5.91 Å². The normalized spacial score (nSPS) is 11.8. The van der Waals surface area contributed by atoms with Crippen LogP contribution < -0.4 is 16.4 Å². The number of nitrogen functional groups attached to an aromatic ring is 1. The SMILES string of the molecule is Cc1ccc(NC(=O)O[C@@H](C/C=C/C(=O)Nc2ccccc2N)c2ccc(O)c3ccccc23)cc1. The highest BCUT2D eigenvalue weighted by molar-refractivity contribution is 6.01. The van der Waals surface area contributed by atoms with E-state index in [1.165, 1.54) is 6.08 Å². The molecule has 0 spiro atoms. The number of para-hydroxylation sites is 2. The second-order valence-electron chi connectivity index (χ2n) is 8.32. The number of carbonyl (C=O) groups excluding carboxylic acids is 2. The van der Waals surface area contributed by atoms with Crippen molar-refractivity contribution in [3.8, 4) is 5.75 Å². The molecule has 7 nitrogen and oxygen atoms in total. The molecule has 0 unspecified atom stereocenters. The molecule has 5 N–H and O–H groups in total. The van der Waals surface area contributed by atoms with Gasteiger partial charge in [-0.05, 0) is 48.7 Å². The van der Waals surface area contributed by atoms with Crippen molar-refractivity contribution in [2.24, 2.45) is 0 Å². The van der Waals surface area contributed by atoms with Gasteiger partial charge in [0.15, 0.2) is 0 Å². The first kappa shape index (κ1) is 24.3. The maximum Gasteiger partial charge on any atom is 0.412 e. The van der Waals surface area contributed by atoms with Crippen molar-refractivity contribution in [2.45, 2.75) is 19.4 Å². The molecular weight excluding hydrogens is 454 g/mol. The molecule has 0 aromatic heterocycles. The molecule has 4 rings (SSSR count). The first-order valence-corrected chi connectivity index (χ1v) is 11.5. The van der Waals surface area contributed by atoms with Crippen molar-refractivity contribution >= 4 is 39.8 Å². The first-order chi connectivity index (χ1) is 17.4. The van der Waals surface area contributed by atoms with E-state index < -0.39 is 12.2 Å². The monoisotopic (exact) mass is 481 g/mol. The number of rotatable bonds is 7. The minimum absolute atomic E-state index is 0.132. The van der Waals surface area contributed by atoms with E-state index in [9.17, 15) is 14.7 Å². The summed E-state index contributed by atoms with van der Waals surface area (Å²) in [6, 6.07) is 25.0. The van der Waals surface area contributed by atoms with E-state index in [1.54, 1.807) is 60.7 Å². The van der Waals surface area contributed by atoms with Gasteiger partial charge >= 0.3 is 6.09 Å².